The van der Waals surface area contributed by atoms with Gasteiger partial charge in [-0.05, 0) is 66.6 Å². The summed E-state index contributed by atoms with van der Waals surface area (Å²) in [4.78, 5) is 19.3. The van der Waals surface area contributed by atoms with E-state index in [1.807, 2.05) is 0 Å². The lowest BCUT2D eigenvalue weighted by Crippen LogP contribution is -2.23. The van der Waals surface area contributed by atoms with Gasteiger partial charge in [-0.25, -0.2) is 17.6 Å². The van der Waals surface area contributed by atoms with Gasteiger partial charge < -0.3 is 10.4 Å². The molecule has 0 aliphatic carbocycles. The molecule has 0 saturated heterocycles. The fourth-order valence-electron chi connectivity index (χ4n) is 3.09. The summed E-state index contributed by atoms with van der Waals surface area (Å²) in [5.41, 5.74) is 1.61. The smallest absolute Gasteiger partial charge is 0.352 e. The number of sulfone groups is 1. The lowest BCUT2D eigenvalue weighted by atomic mass is 10.1. The van der Waals surface area contributed by atoms with Crippen LogP contribution >= 0.6 is 11.6 Å². The summed E-state index contributed by atoms with van der Waals surface area (Å²) in [6, 6.07) is 16.3. The number of nitrogens with one attached hydrogen (secondary N) is 1. The summed E-state index contributed by atoms with van der Waals surface area (Å²) in [6.45, 7) is 2.00. The van der Waals surface area contributed by atoms with Crippen LogP contribution in [-0.2, 0) is 25.9 Å². The Morgan fingerprint density at radius 3 is 2.44 bits per heavy atom. The summed E-state index contributed by atoms with van der Waals surface area (Å²) in [5, 5.41) is 13.9. The third-order valence-electron chi connectivity index (χ3n) is 4.86. The van der Waals surface area contributed by atoms with Gasteiger partial charge in [0.2, 0.25) is 15.6 Å². The molecule has 0 aliphatic rings. The number of hydrogen-bond acceptors (Lipinski definition) is 7. The summed E-state index contributed by atoms with van der Waals surface area (Å²) in [5.74, 6) is -2.16. The van der Waals surface area contributed by atoms with Gasteiger partial charge in [-0.3, -0.25) is 9.78 Å². The van der Waals surface area contributed by atoms with E-state index in [-0.39, 0.29) is 9.79 Å². The highest BCUT2D eigenvalue weighted by Gasteiger charge is 2.20. The van der Waals surface area contributed by atoms with Gasteiger partial charge in [0.05, 0.1) is 15.9 Å². The molecule has 0 amide bonds. The van der Waals surface area contributed by atoms with Gasteiger partial charge in [0.25, 0.3) is 0 Å². The molecule has 0 aromatic heterocycles. The molecule has 0 fully saturated rings. The van der Waals surface area contributed by atoms with Gasteiger partial charge in [-0.1, -0.05) is 35.9 Å². The molecular formula is C24H23ClFNO6S. The van der Waals surface area contributed by atoms with Crippen molar-refractivity contribution in [2.24, 2.45) is 0 Å². The molecule has 1 atom stereocenters. The number of carbonyl (C=O) groups is 1. The highest BCUT2D eigenvalue weighted by Crippen LogP contribution is 2.26. The van der Waals surface area contributed by atoms with Gasteiger partial charge in [-0.15, -0.1) is 0 Å². The van der Waals surface area contributed by atoms with Crippen molar-refractivity contribution in [2.45, 2.75) is 29.2 Å². The van der Waals surface area contributed by atoms with Crippen molar-refractivity contribution in [3.05, 3.63) is 88.7 Å². The SMILES string of the molecule is CC(=O)OOc1ccc(S(=O)(=O)c2ccc(CCNC[C@H](O)c3cccc(Cl)c3)cc2)cc1F. The molecule has 0 saturated carbocycles. The van der Waals surface area contributed by atoms with E-state index in [9.17, 15) is 22.7 Å². The molecule has 7 nitrogen and oxygen atoms in total. The molecule has 3 aromatic rings. The maximum Gasteiger partial charge on any atom is 0.352 e. The lowest BCUT2D eigenvalue weighted by molar-refractivity contribution is -0.211. The average Bonchev–Trinajstić information content (AvgIpc) is 2.81. The van der Waals surface area contributed by atoms with E-state index in [4.69, 9.17) is 11.6 Å². The van der Waals surface area contributed by atoms with Crippen LogP contribution in [0.1, 0.15) is 24.2 Å². The zero-order valence-electron chi connectivity index (χ0n) is 18.2. The Bertz CT molecular complexity index is 1250. The minimum absolute atomic E-state index is 0.00800. The quantitative estimate of drug-likeness (QED) is 0.242. The fraction of sp³-hybridized carbons (Fsp3) is 0.208. The first kappa shape index (κ1) is 25.6. The highest BCUT2D eigenvalue weighted by atomic mass is 35.5. The van der Waals surface area contributed by atoms with Gasteiger partial charge in [0.1, 0.15) is 0 Å². The number of halogens is 2. The van der Waals surface area contributed by atoms with E-state index in [0.29, 0.717) is 24.5 Å². The minimum atomic E-state index is -3.96. The van der Waals surface area contributed by atoms with Crippen molar-refractivity contribution < 1.29 is 32.5 Å². The summed E-state index contributed by atoms with van der Waals surface area (Å²) < 4.78 is 39.8. The Morgan fingerprint density at radius 2 is 1.79 bits per heavy atom. The molecular weight excluding hydrogens is 485 g/mol. The van der Waals surface area contributed by atoms with Crippen LogP contribution < -0.4 is 10.2 Å². The van der Waals surface area contributed by atoms with E-state index in [2.05, 4.69) is 15.1 Å². The van der Waals surface area contributed by atoms with Crippen LogP contribution in [-0.4, -0.2) is 32.6 Å². The first-order valence-electron chi connectivity index (χ1n) is 10.3. The van der Waals surface area contributed by atoms with Crippen LogP contribution in [0.15, 0.2) is 76.5 Å². The molecule has 0 unspecified atom stereocenters. The normalized spacial score (nSPS) is 12.2. The molecule has 0 heterocycles. The number of aliphatic hydroxyl groups is 1. The average molecular weight is 508 g/mol. The zero-order chi connectivity index (χ0) is 24.7. The van der Waals surface area contributed by atoms with Crippen LogP contribution in [0.3, 0.4) is 0 Å². The summed E-state index contributed by atoms with van der Waals surface area (Å²) in [6.07, 6.45) is -0.0863. The van der Waals surface area contributed by atoms with Gasteiger partial charge in [0, 0.05) is 18.5 Å². The molecule has 10 heteroatoms. The van der Waals surface area contributed by atoms with Crippen LogP contribution in [0.2, 0.25) is 5.02 Å². The lowest BCUT2D eigenvalue weighted by Gasteiger charge is -2.13. The van der Waals surface area contributed by atoms with E-state index in [1.165, 1.54) is 18.2 Å². The monoisotopic (exact) mass is 507 g/mol. The zero-order valence-corrected chi connectivity index (χ0v) is 19.8. The minimum Gasteiger partial charge on any atom is -0.387 e. The maximum atomic E-state index is 14.2. The van der Waals surface area contributed by atoms with Crippen molar-refractivity contribution in [3.8, 4) is 5.75 Å². The van der Waals surface area contributed by atoms with Gasteiger partial charge in [-0.2, -0.15) is 0 Å². The van der Waals surface area contributed by atoms with E-state index in [0.717, 1.165) is 30.2 Å². The number of benzene rings is 3. The number of carbonyl (C=O) groups excluding carboxylic acids is 1. The molecule has 3 rings (SSSR count). The fourth-order valence-corrected chi connectivity index (χ4v) is 4.57. The largest absolute Gasteiger partial charge is 0.387 e. The Kier molecular flexibility index (Phi) is 8.62. The predicted molar refractivity (Wildman–Crippen MR) is 124 cm³/mol. The first-order valence-corrected chi connectivity index (χ1v) is 12.2. The summed E-state index contributed by atoms with van der Waals surface area (Å²) >= 11 is 5.94. The number of hydrogen-bond donors (Lipinski definition) is 2. The number of aliphatic hydroxyl groups excluding tert-OH is 1. The standard InChI is InChI=1S/C24H23ClFNO6S/c1-16(28)32-33-24-10-9-21(14-22(24)26)34(30,31)20-7-5-17(6-8-20)11-12-27-15-23(29)18-3-2-4-19(25)13-18/h2-10,13-14,23,27,29H,11-12,15H2,1H3/t23-/m0/s1. The number of rotatable bonds is 10. The molecule has 34 heavy (non-hydrogen) atoms. The van der Waals surface area contributed by atoms with Crippen molar-refractivity contribution in [1.82, 2.24) is 5.32 Å². The van der Waals surface area contributed by atoms with Crippen LogP contribution in [0, 0.1) is 5.82 Å². The Labute approximate surface area is 201 Å². The third-order valence-corrected chi connectivity index (χ3v) is 6.86. The van der Waals surface area contributed by atoms with Crippen LogP contribution in [0.5, 0.6) is 5.75 Å². The first-order chi connectivity index (χ1) is 16.2. The molecule has 2 N–H and O–H groups in total. The maximum absolute atomic E-state index is 14.2. The molecule has 180 valence electrons. The Balaban J connectivity index is 1.57. The Hall–Kier alpha value is -2.98. The van der Waals surface area contributed by atoms with Crippen molar-refractivity contribution >= 4 is 27.4 Å². The van der Waals surface area contributed by atoms with E-state index in [1.54, 1.807) is 36.4 Å². The van der Waals surface area contributed by atoms with Crippen molar-refractivity contribution in [3.63, 3.8) is 0 Å². The summed E-state index contributed by atoms with van der Waals surface area (Å²) in [7, 11) is -3.96. The second-order valence-corrected chi connectivity index (χ2v) is 9.81. The van der Waals surface area contributed by atoms with E-state index < -0.39 is 33.5 Å². The van der Waals surface area contributed by atoms with Crippen LogP contribution in [0.25, 0.3) is 0 Å². The second kappa shape index (κ2) is 11.4. The van der Waals surface area contributed by atoms with Gasteiger partial charge >= 0.3 is 5.97 Å². The van der Waals surface area contributed by atoms with Gasteiger partial charge in [0.15, 0.2) is 5.82 Å². The highest BCUT2D eigenvalue weighted by molar-refractivity contribution is 7.91. The third kappa shape index (κ3) is 6.77. The molecule has 0 aliphatic heterocycles. The van der Waals surface area contributed by atoms with Crippen molar-refractivity contribution in [1.29, 1.82) is 0 Å². The molecule has 0 radical (unpaired) electrons. The Morgan fingerprint density at radius 1 is 1.09 bits per heavy atom. The predicted octanol–water partition coefficient (Wildman–Crippen LogP) is 4.03. The van der Waals surface area contributed by atoms with Crippen molar-refractivity contribution in [2.75, 3.05) is 13.1 Å². The second-order valence-electron chi connectivity index (χ2n) is 7.42. The molecule has 3 aromatic carbocycles. The topological polar surface area (TPSA) is 102 Å². The van der Waals surface area contributed by atoms with E-state index >= 15 is 0 Å². The molecule has 0 bridgehead atoms. The molecule has 0 spiro atoms. The van der Waals surface area contributed by atoms with Crippen LogP contribution in [0.4, 0.5) is 4.39 Å².